The number of nitrogens with one attached hydrogen (secondary N) is 2. The highest BCUT2D eigenvalue weighted by atomic mass is 32.2. The molecule has 0 aliphatic carbocycles. The summed E-state index contributed by atoms with van der Waals surface area (Å²) in [6, 6.07) is 9.97. The molecule has 1 amide bonds. The van der Waals surface area contributed by atoms with Gasteiger partial charge < -0.3 is 4.90 Å². The maximum atomic E-state index is 12.7. The zero-order valence-electron chi connectivity index (χ0n) is 12.7. The minimum Gasteiger partial charge on any atom is -0.321 e. The van der Waals surface area contributed by atoms with Crippen LogP contribution in [0.4, 0.5) is 0 Å². The van der Waals surface area contributed by atoms with Crippen molar-refractivity contribution in [1.29, 1.82) is 0 Å². The van der Waals surface area contributed by atoms with E-state index in [4.69, 9.17) is 0 Å². The van der Waals surface area contributed by atoms with Crippen molar-refractivity contribution in [3.8, 4) is 0 Å². The van der Waals surface area contributed by atoms with Gasteiger partial charge in [0, 0.05) is 24.4 Å². The highest BCUT2D eigenvalue weighted by molar-refractivity contribution is 8.00. The first-order valence-electron chi connectivity index (χ1n) is 7.96. The Morgan fingerprint density at radius 2 is 2.18 bits per heavy atom. The van der Waals surface area contributed by atoms with Gasteiger partial charge in [0.05, 0.1) is 6.17 Å². The first-order valence-corrected chi connectivity index (χ1v) is 9.01. The van der Waals surface area contributed by atoms with E-state index in [1.165, 1.54) is 18.6 Å². The van der Waals surface area contributed by atoms with E-state index in [0.29, 0.717) is 5.25 Å². The van der Waals surface area contributed by atoms with Gasteiger partial charge in [-0.1, -0.05) is 30.3 Å². The first kappa shape index (κ1) is 15.6. The van der Waals surface area contributed by atoms with Gasteiger partial charge in [-0.3, -0.25) is 10.2 Å². The van der Waals surface area contributed by atoms with E-state index in [2.05, 4.69) is 10.9 Å². The van der Waals surface area contributed by atoms with Crippen LogP contribution in [0.25, 0.3) is 6.08 Å². The highest BCUT2D eigenvalue weighted by Gasteiger charge is 2.28. The molecule has 0 radical (unpaired) electrons. The quantitative estimate of drug-likeness (QED) is 0.818. The van der Waals surface area contributed by atoms with Crippen LogP contribution in [0.15, 0.2) is 36.4 Å². The van der Waals surface area contributed by atoms with Crippen molar-refractivity contribution in [1.82, 2.24) is 15.8 Å². The lowest BCUT2D eigenvalue weighted by atomic mass is 10.2. The average molecular weight is 317 g/mol. The van der Waals surface area contributed by atoms with Crippen LogP contribution in [0.2, 0.25) is 0 Å². The summed E-state index contributed by atoms with van der Waals surface area (Å²) in [4.78, 5) is 14.6. The van der Waals surface area contributed by atoms with E-state index in [9.17, 15) is 4.79 Å². The minimum absolute atomic E-state index is 0.0950. The topological polar surface area (TPSA) is 44.4 Å². The molecule has 2 aliphatic heterocycles. The van der Waals surface area contributed by atoms with Gasteiger partial charge in [-0.15, -0.1) is 0 Å². The molecule has 1 aromatic rings. The zero-order chi connectivity index (χ0) is 15.2. The first-order chi connectivity index (χ1) is 10.8. The van der Waals surface area contributed by atoms with Gasteiger partial charge in [-0.2, -0.15) is 11.8 Å². The number of carbonyl (C=O) groups excluding carboxylic acids is 1. The predicted molar refractivity (Wildman–Crippen MR) is 92.2 cm³/mol. The van der Waals surface area contributed by atoms with Gasteiger partial charge in [-0.25, -0.2) is 5.43 Å². The van der Waals surface area contributed by atoms with E-state index in [1.54, 1.807) is 6.08 Å². The van der Waals surface area contributed by atoms with Crippen LogP contribution in [0.1, 0.15) is 24.8 Å². The molecule has 2 atom stereocenters. The standard InChI is InChI=1S/C17H23N3OS/c21-17(9-8-14-5-2-1-3-6-14)20(16-10-11-18-19-16)13-15-7-4-12-22-15/h1-3,5-6,8-9,15-16,18-19H,4,7,10-13H2/b9-8+. The van der Waals surface area contributed by atoms with E-state index in [-0.39, 0.29) is 12.1 Å². The average Bonchev–Trinajstić information content (AvgIpc) is 3.24. The van der Waals surface area contributed by atoms with Crippen molar-refractivity contribution in [3.63, 3.8) is 0 Å². The van der Waals surface area contributed by atoms with Gasteiger partial charge in [0.25, 0.3) is 0 Å². The molecule has 2 N–H and O–H groups in total. The summed E-state index contributed by atoms with van der Waals surface area (Å²) < 4.78 is 0. The van der Waals surface area contributed by atoms with Crippen LogP contribution in [-0.4, -0.2) is 41.1 Å². The molecule has 22 heavy (non-hydrogen) atoms. The monoisotopic (exact) mass is 317 g/mol. The Balaban J connectivity index is 1.66. The van der Waals surface area contributed by atoms with Crippen LogP contribution < -0.4 is 10.9 Å². The maximum Gasteiger partial charge on any atom is 0.247 e. The Morgan fingerprint density at radius 1 is 1.32 bits per heavy atom. The van der Waals surface area contributed by atoms with Gasteiger partial charge in [-0.05, 0) is 36.7 Å². The molecule has 4 nitrogen and oxygen atoms in total. The van der Waals surface area contributed by atoms with Crippen molar-refractivity contribution in [3.05, 3.63) is 42.0 Å². The molecule has 2 fully saturated rings. The summed E-state index contributed by atoms with van der Waals surface area (Å²) >= 11 is 2.00. The number of hydrazine groups is 1. The molecule has 118 valence electrons. The Kier molecular flexibility index (Phi) is 5.53. The van der Waals surface area contributed by atoms with Gasteiger partial charge in [0.1, 0.15) is 0 Å². The normalized spacial score (nSPS) is 24.9. The van der Waals surface area contributed by atoms with E-state index in [0.717, 1.165) is 25.1 Å². The molecule has 3 rings (SSSR count). The molecule has 0 spiro atoms. The molecule has 5 heteroatoms. The second-order valence-electron chi connectivity index (χ2n) is 5.75. The molecule has 2 unspecified atom stereocenters. The molecular formula is C17H23N3OS. The van der Waals surface area contributed by atoms with Crippen LogP contribution in [0, 0.1) is 0 Å². The lowest BCUT2D eigenvalue weighted by Gasteiger charge is -2.29. The van der Waals surface area contributed by atoms with Crippen LogP contribution in [-0.2, 0) is 4.79 Å². The summed E-state index contributed by atoms with van der Waals surface area (Å²) in [6.07, 6.45) is 7.16. The summed E-state index contributed by atoms with van der Waals surface area (Å²) in [5.74, 6) is 1.32. The number of carbonyl (C=O) groups is 1. The van der Waals surface area contributed by atoms with Crippen molar-refractivity contribution in [2.75, 3.05) is 18.8 Å². The largest absolute Gasteiger partial charge is 0.321 e. The molecule has 2 heterocycles. The third kappa shape index (κ3) is 4.12. The summed E-state index contributed by atoms with van der Waals surface area (Å²) in [6.45, 7) is 1.75. The molecule has 2 saturated heterocycles. The molecule has 1 aromatic carbocycles. The number of benzene rings is 1. The van der Waals surface area contributed by atoms with E-state index >= 15 is 0 Å². The predicted octanol–water partition coefficient (Wildman–Crippen LogP) is 2.25. The Morgan fingerprint density at radius 3 is 2.86 bits per heavy atom. The van der Waals surface area contributed by atoms with Crippen LogP contribution in [0.5, 0.6) is 0 Å². The summed E-state index contributed by atoms with van der Waals surface area (Å²) in [5.41, 5.74) is 7.41. The van der Waals surface area contributed by atoms with Crippen molar-refractivity contribution in [2.45, 2.75) is 30.7 Å². The Bertz CT molecular complexity index is 508. The van der Waals surface area contributed by atoms with Crippen LogP contribution >= 0.6 is 11.8 Å². The smallest absolute Gasteiger partial charge is 0.247 e. The Hall–Kier alpha value is -1.30. The fourth-order valence-corrected chi connectivity index (χ4v) is 4.18. The molecule has 0 bridgehead atoms. The summed E-state index contributed by atoms with van der Waals surface area (Å²) in [5, 5.41) is 0.580. The lowest BCUT2D eigenvalue weighted by molar-refractivity contribution is -0.128. The van der Waals surface area contributed by atoms with Gasteiger partial charge >= 0.3 is 0 Å². The van der Waals surface area contributed by atoms with Crippen molar-refractivity contribution >= 4 is 23.7 Å². The van der Waals surface area contributed by atoms with Crippen molar-refractivity contribution < 1.29 is 4.79 Å². The molecule has 0 aromatic heterocycles. The second-order valence-corrected chi connectivity index (χ2v) is 7.15. The van der Waals surface area contributed by atoms with Gasteiger partial charge in [0.2, 0.25) is 5.91 Å². The minimum atomic E-state index is 0.0950. The number of thioether (sulfide) groups is 1. The van der Waals surface area contributed by atoms with Gasteiger partial charge in [0.15, 0.2) is 0 Å². The third-order valence-corrected chi connectivity index (χ3v) is 5.49. The second kappa shape index (κ2) is 7.81. The number of hydrogen-bond donors (Lipinski definition) is 2. The van der Waals surface area contributed by atoms with E-state index < -0.39 is 0 Å². The maximum absolute atomic E-state index is 12.7. The fraction of sp³-hybridized carbons (Fsp3) is 0.471. The number of amides is 1. The number of nitrogens with zero attached hydrogens (tertiary/aromatic N) is 1. The summed E-state index contributed by atoms with van der Waals surface area (Å²) in [7, 11) is 0. The lowest BCUT2D eigenvalue weighted by Crippen LogP contribution is -2.49. The number of hydrogen-bond acceptors (Lipinski definition) is 4. The molecular weight excluding hydrogens is 294 g/mol. The van der Waals surface area contributed by atoms with Crippen molar-refractivity contribution in [2.24, 2.45) is 0 Å². The Labute approximate surface area is 136 Å². The number of rotatable bonds is 5. The SMILES string of the molecule is O=C(/C=C/c1ccccc1)N(CC1CCCS1)C1CCNN1. The fourth-order valence-electron chi connectivity index (χ4n) is 2.91. The molecule has 2 aliphatic rings. The van der Waals surface area contributed by atoms with Crippen LogP contribution in [0.3, 0.4) is 0 Å². The molecule has 0 saturated carbocycles. The third-order valence-electron chi connectivity index (χ3n) is 4.11. The van der Waals surface area contributed by atoms with E-state index in [1.807, 2.05) is 53.1 Å². The zero-order valence-corrected chi connectivity index (χ0v) is 13.5. The highest BCUT2D eigenvalue weighted by Crippen LogP contribution is 2.27.